The van der Waals surface area contributed by atoms with Gasteiger partial charge in [-0.25, -0.2) is 14.8 Å². The molecule has 1 N–H and O–H groups in total. The number of thiophene rings is 2. The number of hydrogen-bond donors (Lipinski definition) is 1. The van der Waals surface area contributed by atoms with Gasteiger partial charge in [0.1, 0.15) is 21.1 Å². The second-order valence-electron chi connectivity index (χ2n) is 8.49. The van der Waals surface area contributed by atoms with E-state index in [1.165, 1.54) is 28.0 Å². The van der Waals surface area contributed by atoms with Gasteiger partial charge in [0.05, 0.1) is 18.0 Å². The van der Waals surface area contributed by atoms with E-state index in [1.807, 2.05) is 18.2 Å². The highest BCUT2D eigenvalue weighted by Crippen LogP contribution is 2.41. The lowest BCUT2D eigenvalue weighted by molar-refractivity contribution is -0.113. The van der Waals surface area contributed by atoms with E-state index < -0.39 is 0 Å². The Morgan fingerprint density at radius 2 is 2.03 bits per heavy atom. The highest BCUT2D eigenvalue weighted by atomic mass is 32.2. The Bertz CT molecular complexity index is 1380. The van der Waals surface area contributed by atoms with Gasteiger partial charge in [-0.2, -0.15) is 0 Å². The monoisotopic (exact) mass is 523 g/mol. The number of benzene rings is 1. The van der Waals surface area contributed by atoms with Crippen molar-refractivity contribution in [1.82, 2.24) is 9.97 Å². The molecule has 0 spiro atoms. The molecule has 1 aliphatic rings. The van der Waals surface area contributed by atoms with Crippen LogP contribution in [0.1, 0.15) is 40.4 Å². The van der Waals surface area contributed by atoms with Gasteiger partial charge < -0.3 is 10.1 Å². The van der Waals surface area contributed by atoms with Crippen molar-refractivity contribution in [3.8, 4) is 10.4 Å². The van der Waals surface area contributed by atoms with E-state index in [9.17, 15) is 9.59 Å². The molecule has 0 saturated heterocycles. The normalized spacial score (nSPS) is 15.1. The molecule has 0 radical (unpaired) electrons. The van der Waals surface area contributed by atoms with Crippen LogP contribution in [0.5, 0.6) is 0 Å². The molecule has 0 bridgehead atoms. The van der Waals surface area contributed by atoms with Gasteiger partial charge in [-0.1, -0.05) is 49.0 Å². The number of carbonyl (C=O) groups excluding carboxylic acids is 2. The summed E-state index contributed by atoms with van der Waals surface area (Å²) in [5.74, 6) is 0.227. The average molecular weight is 524 g/mol. The zero-order valence-corrected chi connectivity index (χ0v) is 21.9. The van der Waals surface area contributed by atoms with Gasteiger partial charge in [0.2, 0.25) is 5.91 Å². The molecule has 180 valence electrons. The van der Waals surface area contributed by atoms with E-state index in [-0.39, 0.29) is 17.6 Å². The number of aromatic nitrogens is 2. The molecule has 0 aliphatic heterocycles. The third kappa shape index (κ3) is 5.12. The number of anilines is 1. The Hall–Kier alpha value is -2.75. The molecular weight excluding hydrogens is 499 g/mol. The van der Waals surface area contributed by atoms with E-state index in [2.05, 4.69) is 40.4 Å². The highest BCUT2D eigenvalue weighted by Gasteiger charge is 2.28. The lowest BCUT2D eigenvalue weighted by Crippen LogP contribution is -2.18. The van der Waals surface area contributed by atoms with Crippen LogP contribution in [0.3, 0.4) is 0 Å². The first-order chi connectivity index (χ1) is 17.0. The van der Waals surface area contributed by atoms with Crippen LogP contribution in [0.15, 0.2) is 47.8 Å². The minimum Gasteiger partial charge on any atom is -0.462 e. The molecule has 0 saturated carbocycles. The maximum Gasteiger partial charge on any atom is 0.350 e. The summed E-state index contributed by atoms with van der Waals surface area (Å²) in [6.07, 6.45) is 4.38. The van der Waals surface area contributed by atoms with E-state index in [4.69, 9.17) is 4.74 Å². The molecule has 4 aromatic rings. The number of carbonyl (C=O) groups is 2. The van der Waals surface area contributed by atoms with Crippen molar-refractivity contribution in [2.24, 2.45) is 5.92 Å². The summed E-state index contributed by atoms with van der Waals surface area (Å²) in [6, 6.07) is 12.3. The van der Waals surface area contributed by atoms with Crippen molar-refractivity contribution in [3.63, 3.8) is 0 Å². The highest BCUT2D eigenvalue weighted by molar-refractivity contribution is 8.00. The van der Waals surface area contributed by atoms with Crippen LogP contribution in [-0.4, -0.2) is 34.2 Å². The predicted octanol–water partition coefficient (Wildman–Crippen LogP) is 6.45. The van der Waals surface area contributed by atoms with Crippen LogP contribution >= 0.6 is 34.4 Å². The summed E-state index contributed by atoms with van der Waals surface area (Å²) >= 11 is 4.45. The maximum atomic E-state index is 13.0. The number of hydrogen-bond acceptors (Lipinski definition) is 8. The van der Waals surface area contributed by atoms with Crippen molar-refractivity contribution in [1.29, 1.82) is 0 Å². The molecule has 1 aromatic carbocycles. The van der Waals surface area contributed by atoms with E-state index in [1.54, 1.807) is 24.6 Å². The largest absolute Gasteiger partial charge is 0.462 e. The van der Waals surface area contributed by atoms with Gasteiger partial charge in [0.15, 0.2) is 0 Å². The number of esters is 1. The fourth-order valence-corrected chi connectivity index (χ4v) is 7.43. The average Bonchev–Trinajstić information content (AvgIpc) is 3.45. The molecule has 0 fully saturated rings. The molecule has 6 nitrogen and oxygen atoms in total. The predicted molar refractivity (Wildman–Crippen MR) is 144 cm³/mol. The van der Waals surface area contributed by atoms with E-state index in [0.717, 1.165) is 50.5 Å². The van der Waals surface area contributed by atoms with Crippen LogP contribution < -0.4 is 5.32 Å². The first-order valence-corrected chi connectivity index (χ1v) is 14.2. The first-order valence-electron chi connectivity index (χ1n) is 11.6. The van der Waals surface area contributed by atoms with Gasteiger partial charge in [-0.05, 0) is 49.3 Å². The second kappa shape index (κ2) is 10.5. The van der Waals surface area contributed by atoms with Crippen molar-refractivity contribution in [3.05, 3.63) is 58.0 Å². The zero-order valence-electron chi connectivity index (χ0n) is 19.5. The van der Waals surface area contributed by atoms with Crippen LogP contribution in [-0.2, 0) is 22.4 Å². The number of fused-ring (bicyclic) bond motifs is 2. The van der Waals surface area contributed by atoms with Crippen molar-refractivity contribution in [2.75, 3.05) is 17.7 Å². The van der Waals surface area contributed by atoms with Gasteiger partial charge in [0.25, 0.3) is 0 Å². The third-order valence-corrected chi connectivity index (χ3v) is 9.26. The van der Waals surface area contributed by atoms with Crippen LogP contribution in [0.4, 0.5) is 5.69 Å². The number of amides is 1. The van der Waals surface area contributed by atoms with E-state index >= 15 is 0 Å². The SMILES string of the molecule is CCOC(=O)c1sc2c(c1NC(=O)CSc1ncnc3sc(-c4ccccc4)cc13)CCC(C)C2. The van der Waals surface area contributed by atoms with E-state index in [0.29, 0.717) is 23.1 Å². The summed E-state index contributed by atoms with van der Waals surface area (Å²) in [4.78, 5) is 38.2. The lowest BCUT2D eigenvalue weighted by atomic mass is 9.89. The Balaban J connectivity index is 1.34. The fraction of sp³-hybridized carbons (Fsp3) is 0.308. The molecule has 1 amide bonds. The number of nitrogens with zero attached hydrogens (tertiary/aromatic N) is 2. The van der Waals surface area contributed by atoms with Gasteiger partial charge >= 0.3 is 5.97 Å². The Morgan fingerprint density at radius 1 is 1.20 bits per heavy atom. The van der Waals surface area contributed by atoms with Gasteiger partial charge in [0, 0.05) is 15.1 Å². The first kappa shape index (κ1) is 24.0. The fourth-order valence-electron chi connectivity index (χ4n) is 4.23. The quantitative estimate of drug-likeness (QED) is 0.170. The molecule has 9 heteroatoms. The Morgan fingerprint density at radius 3 is 2.83 bits per heavy atom. The minimum absolute atomic E-state index is 0.162. The van der Waals surface area contributed by atoms with Crippen molar-refractivity contribution >= 4 is 62.2 Å². The number of rotatable bonds is 7. The molecule has 35 heavy (non-hydrogen) atoms. The molecular formula is C26H25N3O3S3. The molecule has 1 unspecified atom stereocenters. The summed E-state index contributed by atoms with van der Waals surface area (Å²) in [7, 11) is 0. The summed E-state index contributed by atoms with van der Waals surface area (Å²) in [5.41, 5.74) is 2.85. The van der Waals surface area contributed by atoms with Crippen LogP contribution in [0, 0.1) is 5.92 Å². The smallest absolute Gasteiger partial charge is 0.350 e. The molecule has 1 atom stereocenters. The molecule has 3 aromatic heterocycles. The Labute approximate surface area is 216 Å². The third-order valence-electron chi connectivity index (χ3n) is 5.93. The summed E-state index contributed by atoms with van der Waals surface area (Å²) in [6.45, 7) is 4.31. The standard InChI is InChI=1S/C26H25N3O3S3/c1-3-32-26(31)23-22(17-10-9-15(2)11-20(17)34-23)29-21(30)13-33-24-18-12-19(16-7-5-4-6-8-16)35-25(18)28-14-27-24/h4-8,12,14-15H,3,9-11,13H2,1-2H3,(H,29,30). The Kier molecular flexibility index (Phi) is 7.17. The summed E-state index contributed by atoms with van der Waals surface area (Å²) in [5, 5.41) is 4.75. The number of thioether (sulfide) groups is 1. The van der Waals surface area contributed by atoms with Crippen molar-refractivity contribution in [2.45, 2.75) is 38.1 Å². The minimum atomic E-state index is -0.369. The number of nitrogens with one attached hydrogen (secondary N) is 1. The lowest BCUT2D eigenvalue weighted by Gasteiger charge is -2.19. The van der Waals surface area contributed by atoms with Gasteiger partial charge in [-0.15, -0.1) is 22.7 Å². The molecule has 3 heterocycles. The topological polar surface area (TPSA) is 81.2 Å². The maximum absolute atomic E-state index is 13.0. The van der Waals surface area contributed by atoms with Crippen LogP contribution in [0.25, 0.3) is 20.7 Å². The van der Waals surface area contributed by atoms with Crippen molar-refractivity contribution < 1.29 is 14.3 Å². The number of ether oxygens (including phenoxy) is 1. The second-order valence-corrected chi connectivity index (χ2v) is 11.6. The zero-order chi connectivity index (χ0) is 24.4. The molecule has 5 rings (SSSR count). The molecule has 1 aliphatic carbocycles. The van der Waals surface area contributed by atoms with Gasteiger partial charge in [-0.3, -0.25) is 4.79 Å². The summed E-state index contributed by atoms with van der Waals surface area (Å²) < 4.78 is 5.27. The van der Waals surface area contributed by atoms with Crippen LogP contribution in [0.2, 0.25) is 0 Å².